The molecule has 0 amide bonds. The molecule has 1 aliphatic rings. The largest absolute Gasteiger partial charge is 0.207 e. The van der Waals surface area contributed by atoms with E-state index in [-0.39, 0.29) is 0 Å². The topological polar surface area (TPSA) is 0 Å². The van der Waals surface area contributed by atoms with E-state index in [2.05, 4.69) is 6.92 Å². The molecule has 88 valence electrons. The first kappa shape index (κ1) is 11.6. The van der Waals surface area contributed by atoms with Gasteiger partial charge in [0.25, 0.3) is 0 Å². The number of benzene rings is 1. The van der Waals surface area contributed by atoms with Crippen LogP contribution in [0.1, 0.15) is 49.7 Å². The zero-order valence-corrected chi connectivity index (χ0v) is 9.89. The van der Waals surface area contributed by atoms with Gasteiger partial charge in [0.2, 0.25) is 0 Å². The maximum absolute atomic E-state index is 13.5. The molecule has 0 N–H and O–H groups in total. The Bertz CT molecular complexity index is 385. The molecule has 0 aromatic heterocycles. The summed E-state index contributed by atoms with van der Waals surface area (Å²) < 4.78 is 26.7. The zero-order valence-electron chi connectivity index (χ0n) is 9.89. The van der Waals surface area contributed by atoms with Crippen molar-refractivity contribution in [1.29, 1.82) is 0 Å². The molecule has 0 aliphatic heterocycles. The van der Waals surface area contributed by atoms with Crippen LogP contribution in [0.25, 0.3) is 0 Å². The van der Waals surface area contributed by atoms with Crippen molar-refractivity contribution in [3.63, 3.8) is 0 Å². The minimum atomic E-state index is -0.448. The molecular formula is C14H18F2. The van der Waals surface area contributed by atoms with E-state index >= 15 is 0 Å². The maximum atomic E-state index is 13.5. The van der Waals surface area contributed by atoms with E-state index in [0.717, 1.165) is 18.1 Å². The second-order valence-corrected chi connectivity index (χ2v) is 4.97. The van der Waals surface area contributed by atoms with Crippen molar-refractivity contribution in [2.24, 2.45) is 5.92 Å². The smallest absolute Gasteiger partial charge is 0.129 e. The summed E-state index contributed by atoms with van der Waals surface area (Å²) in [6, 6.07) is 2.50. The number of hydrogen-bond acceptors (Lipinski definition) is 0. The summed E-state index contributed by atoms with van der Waals surface area (Å²) in [6.45, 7) is 3.94. The summed E-state index contributed by atoms with van der Waals surface area (Å²) in [5, 5.41) is 0. The molecule has 0 spiro atoms. The maximum Gasteiger partial charge on any atom is 0.129 e. The molecule has 1 aromatic rings. The summed E-state index contributed by atoms with van der Waals surface area (Å²) in [5.41, 5.74) is 1.50. The fourth-order valence-corrected chi connectivity index (χ4v) is 2.83. The van der Waals surface area contributed by atoms with E-state index in [9.17, 15) is 8.78 Å². The van der Waals surface area contributed by atoms with Gasteiger partial charge in [-0.2, -0.15) is 0 Å². The van der Waals surface area contributed by atoms with Crippen LogP contribution >= 0.6 is 0 Å². The second kappa shape index (κ2) is 4.52. The highest BCUT2D eigenvalue weighted by molar-refractivity contribution is 5.32. The van der Waals surface area contributed by atoms with Crippen molar-refractivity contribution in [1.82, 2.24) is 0 Å². The molecule has 16 heavy (non-hydrogen) atoms. The van der Waals surface area contributed by atoms with Gasteiger partial charge in [-0.15, -0.1) is 0 Å². The minimum absolute atomic E-state index is 0.332. The lowest BCUT2D eigenvalue weighted by Gasteiger charge is -2.30. The molecule has 2 unspecified atom stereocenters. The van der Waals surface area contributed by atoms with Gasteiger partial charge in [0, 0.05) is 6.07 Å². The summed E-state index contributed by atoms with van der Waals surface area (Å²) in [4.78, 5) is 0. The summed E-state index contributed by atoms with van der Waals surface area (Å²) >= 11 is 0. The standard InChI is InChI=1S/C14H18F2/c1-9-5-3-4-6-12(9)13-7-11(15)8-14(16)10(13)2/h7-9,12H,3-6H2,1-2H3. The Morgan fingerprint density at radius 2 is 1.81 bits per heavy atom. The third-order valence-corrected chi connectivity index (χ3v) is 3.86. The van der Waals surface area contributed by atoms with Gasteiger partial charge in [0.15, 0.2) is 0 Å². The van der Waals surface area contributed by atoms with Crippen LogP contribution in [0, 0.1) is 24.5 Å². The lowest BCUT2D eigenvalue weighted by atomic mass is 9.75. The van der Waals surface area contributed by atoms with Crippen molar-refractivity contribution in [2.45, 2.75) is 45.4 Å². The van der Waals surface area contributed by atoms with E-state index < -0.39 is 11.6 Å². The summed E-state index contributed by atoms with van der Waals surface area (Å²) in [5.74, 6) is 0.0104. The van der Waals surface area contributed by atoms with Crippen LogP contribution < -0.4 is 0 Å². The Morgan fingerprint density at radius 3 is 2.50 bits per heavy atom. The van der Waals surface area contributed by atoms with Gasteiger partial charge < -0.3 is 0 Å². The number of rotatable bonds is 1. The van der Waals surface area contributed by atoms with Crippen LogP contribution in [0.4, 0.5) is 8.78 Å². The van der Waals surface area contributed by atoms with Crippen LogP contribution in [-0.2, 0) is 0 Å². The van der Waals surface area contributed by atoms with E-state index in [0.29, 0.717) is 17.4 Å². The molecule has 0 bridgehead atoms. The Balaban J connectivity index is 2.38. The Morgan fingerprint density at radius 1 is 1.12 bits per heavy atom. The highest BCUT2D eigenvalue weighted by Crippen LogP contribution is 2.39. The van der Waals surface area contributed by atoms with Crippen molar-refractivity contribution >= 4 is 0 Å². The zero-order chi connectivity index (χ0) is 11.7. The molecule has 1 aromatic carbocycles. The third kappa shape index (κ3) is 2.11. The quantitative estimate of drug-likeness (QED) is 0.655. The summed E-state index contributed by atoms with van der Waals surface area (Å²) in [7, 11) is 0. The van der Waals surface area contributed by atoms with Crippen molar-refractivity contribution < 1.29 is 8.78 Å². The van der Waals surface area contributed by atoms with Crippen LogP contribution in [-0.4, -0.2) is 0 Å². The molecule has 0 saturated heterocycles. The Hall–Kier alpha value is -0.920. The number of halogens is 2. The highest BCUT2D eigenvalue weighted by atomic mass is 19.1. The molecule has 0 radical (unpaired) electrons. The normalized spacial score (nSPS) is 25.8. The van der Waals surface area contributed by atoms with Crippen LogP contribution in [0.2, 0.25) is 0 Å². The van der Waals surface area contributed by atoms with E-state index in [1.807, 2.05) is 0 Å². The molecule has 0 nitrogen and oxygen atoms in total. The predicted octanol–water partition coefficient (Wildman–Crippen LogP) is 4.57. The van der Waals surface area contributed by atoms with Gasteiger partial charge in [0.05, 0.1) is 0 Å². The fourth-order valence-electron chi connectivity index (χ4n) is 2.83. The predicted molar refractivity (Wildman–Crippen MR) is 61.5 cm³/mol. The van der Waals surface area contributed by atoms with Crippen molar-refractivity contribution in [3.8, 4) is 0 Å². The molecule has 2 heteroatoms. The van der Waals surface area contributed by atoms with Crippen LogP contribution in [0.3, 0.4) is 0 Å². The van der Waals surface area contributed by atoms with E-state index in [4.69, 9.17) is 0 Å². The van der Waals surface area contributed by atoms with Gasteiger partial charge in [-0.1, -0.05) is 26.2 Å². The molecule has 1 fully saturated rings. The highest BCUT2D eigenvalue weighted by Gasteiger charge is 2.25. The van der Waals surface area contributed by atoms with Gasteiger partial charge in [-0.05, 0) is 42.4 Å². The molecule has 1 saturated carbocycles. The van der Waals surface area contributed by atoms with Gasteiger partial charge in [0.1, 0.15) is 11.6 Å². The molecule has 1 aliphatic carbocycles. The molecule has 0 heterocycles. The number of hydrogen-bond donors (Lipinski definition) is 0. The SMILES string of the molecule is Cc1c(F)cc(F)cc1C1CCCCC1C. The van der Waals surface area contributed by atoms with E-state index in [1.165, 1.54) is 25.3 Å². The minimum Gasteiger partial charge on any atom is -0.207 e. The Kier molecular flexibility index (Phi) is 3.27. The monoisotopic (exact) mass is 224 g/mol. The first-order valence-electron chi connectivity index (χ1n) is 6.05. The third-order valence-electron chi connectivity index (χ3n) is 3.86. The fraction of sp³-hybridized carbons (Fsp3) is 0.571. The van der Waals surface area contributed by atoms with E-state index in [1.54, 1.807) is 6.92 Å². The molecule has 2 rings (SSSR count). The average Bonchev–Trinajstić information content (AvgIpc) is 2.24. The van der Waals surface area contributed by atoms with Gasteiger partial charge >= 0.3 is 0 Å². The van der Waals surface area contributed by atoms with Gasteiger partial charge in [-0.3, -0.25) is 0 Å². The second-order valence-electron chi connectivity index (χ2n) is 4.97. The molecule has 2 atom stereocenters. The average molecular weight is 224 g/mol. The van der Waals surface area contributed by atoms with Crippen LogP contribution in [0.15, 0.2) is 12.1 Å². The lowest BCUT2D eigenvalue weighted by molar-refractivity contribution is 0.328. The summed E-state index contributed by atoms with van der Waals surface area (Å²) in [6.07, 6.45) is 4.65. The first-order chi connectivity index (χ1) is 7.59. The molecular weight excluding hydrogens is 206 g/mol. The first-order valence-corrected chi connectivity index (χ1v) is 6.05. The van der Waals surface area contributed by atoms with Gasteiger partial charge in [-0.25, -0.2) is 8.78 Å². The lowest BCUT2D eigenvalue weighted by Crippen LogP contribution is -2.16. The van der Waals surface area contributed by atoms with Crippen molar-refractivity contribution in [3.05, 3.63) is 34.9 Å². The van der Waals surface area contributed by atoms with Crippen molar-refractivity contribution in [2.75, 3.05) is 0 Å². The van der Waals surface area contributed by atoms with Crippen LogP contribution in [0.5, 0.6) is 0 Å². The Labute approximate surface area is 95.7 Å².